The zero-order valence-electron chi connectivity index (χ0n) is 20.9. The quantitative estimate of drug-likeness (QED) is 0.332. The first-order chi connectivity index (χ1) is 18.0. The van der Waals surface area contributed by atoms with Crippen LogP contribution in [0.15, 0.2) is 35.9 Å². The predicted molar refractivity (Wildman–Crippen MR) is 126 cm³/mol. The van der Waals surface area contributed by atoms with Crippen LogP contribution in [0.1, 0.15) is 38.2 Å². The number of sulfone groups is 1. The fraction of sp³-hybridized carbons (Fsp3) is 0.409. The van der Waals surface area contributed by atoms with Crippen LogP contribution in [0.5, 0.6) is 5.88 Å². The van der Waals surface area contributed by atoms with Gasteiger partial charge in [0.25, 0.3) is 5.91 Å². The number of halogens is 5. The van der Waals surface area contributed by atoms with E-state index in [4.69, 9.17) is 4.74 Å². The molecule has 0 fully saturated rings. The van der Waals surface area contributed by atoms with Gasteiger partial charge in [0.1, 0.15) is 16.8 Å². The standard InChI is InChI=1S/C22H22F5N7O4S/c1-5-39(36,37)19-14(16-28-7-6-12(34(16)32-19)17(35)31-20(2,3)4)15-30-10-13-18(29-8-9-33(13)15)38-11-21(23,24)22(25,26)27/h6-10H,5,11H2,1-4H3,(H,31,35). The molecule has 39 heavy (non-hydrogen) atoms. The highest BCUT2D eigenvalue weighted by atomic mass is 32.2. The summed E-state index contributed by atoms with van der Waals surface area (Å²) in [6.45, 7) is 4.59. The lowest BCUT2D eigenvalue weighted by Crippen LogP contribution is -2.41. The van der Waals surface area contributed by atoms with Crippen molar-refractivity contribution in [3.8, 4) is 17.3 Å². The number of alkyl halides is 5. The summed E-state index contributed by atoms with van der Waals surface area (Å²) in [5, 5.41) is 6.45. The second-order valence-corrected chi connectivity index (χ2v) is 11.6. The van der Waals surface area contributed by atoms with Crippen molar-refractivity contribution >= 4 is 26.9 Å². The Labute approximate surface area is 217 Å². The molecular formula is C22H22F5N7O4S. The Bertz CT molecular complexity index is 1670. The number of carbonyl (C=O) groups is 1. The molecule has 4 heterocycles. The molecule has 1 amide bonds. The number of fused-ring (bicyclic) bond motifs is 2. The van der Waals surface area contributed by atoms with Crippen molar-refractivity contribution in [3.05, 3.63) is 36.5 Å². The Kier molecular flexibility index (Phi) is 6.77. The molecule has 0 bridgehead atoms. The van der Waals surface area contributed by atoms with Crippen LogP contribution in [-0.4, -0.2) is 73.3 Å². The third-order valence-corrected chi connectivity index (χ3v) is 6.97. The van der Waals surface area contributed by atoms with E-state index in [1.165, 1.54) is 29.8 Å². The van der Waals surface area contributed by atoms with Crippen LogP contribution in [0.2, 0.25) is 0 Å². The van der Waals surface area contributed by atoms with Crippen LogP contribution >= 0.6 is 0 Å². The average molecular weight is 576 g/mol. The highest BCUT2D eigenvalue weighted by molar-refractivity contribution is 7.91. The minimum absolute atomic E-state index is 0.0327. The molecule has 0 aromatic carbocycles. The zero-order chi connectivity index (χ0) is 29.0. The number of carbonyl (C=O) groups excluding carboxylic acids is 1. The van der Waals surface area contributed by atoms with Crippen molar-refractivity contribution in [1.82, 2.24) is 34.3 Å². The van der Waals surface area contributed by atoms with Gasteiger partial charge in [-0.05, 0) is 26.8 Å². The van der Waals surface area contributed by atoms with Crippen LogP contribution in [0.25, 0.3) is 22.6 Å². The topological polar surface area (TPSA) is 133 Å². The normalized spacial score (nSPS) is 13.3. The number of rotatable bonds is 7. The molecule has 0 saturated heterocycles. The van der Waals surface area contributed by atoms with Gasteiger partial charge < -0.3 is 10.1 Å². The van der Waals surface area contributed by atoms with Crippen molar-refractivity contribution in [1.29, 1.82) is 0 Å². The van der Waals surface area contributed by atoms with Gasteiger partial charge in [0.15, 0.2) is 32.9 Å². The van der Waals surface area contributed by atoms with Crippen molar-refractivity contribution in [2.24, 2.45) is 0 Å². The Morgan fingerprint density at radius 1 is 1.08 bits per heavy atom. The molecule has 17 heteroatoms. The van der Waals surface area contributed by atoms with E-state index in [0.29, 0.717) is 0 Å². The Hall–Kier alpha value is -3.89. The Balaban J connectivity index is 1.91. The van der Waals surface area contributed by atoms with E-state index in [9.17, 15) is 35.2 Å². The fourth-order valence-corrected chi connectivity index (χ4v) is 4.47. The Morgan fingerprint density at radius 2 is 1.77 bits per heavy atom. The summed E-state index contributed by atoms with van der Waals surface area (Å²) in [6.07, 6.45) is -1.19. The smallest absolute Gasteiger partial charge is 0.456 e. The lowest BCUT2D eigenvalue weighted by atomic mass is 10.1. The molecule has 11 nitrogen and oxygen atoms in total. The SMILES string of the molecule is CCS(=O)(=O)c1nn2c(C(=O)NC(C)(C)C)ccnc2c1-c1ncc2c(OCC(F)(F)C(F)(F)F)nccn12. The third kappa shape index (κ3) is 5.22. The van der Waals surface area contributed by atoms with Crippen LogP contribution in [-0.2, 0) is 9.84 Å². The molecule has 4 aromatic rings. The summed E-state index contributed by atoms with van der Waals surface area (Å²) in [6, 6.07) is 1.34. The van der Waals surface area contributed by atoms with Crippen molar-refractivity contribution in [3.63, 3.8) is 0 Å². The highest BCUT2D eigenvalue weighted by Gasteiger charge is 2.58. The number of nitrogens with zero attached hydrogens (tertiary/aromatic N) is 6. The zero-order valence-corrected chi connectivity index (χ0v) is 21.7. The van der Waals surface area contributed by atoms with Gasteiger partial charge in [-0.25, -0.2) is 27.9 Å². The second-order valence-electron chi connectivity index (χ2n) is 9.41. The number of imidazole rings is 1. The van der Waals surface area contributed by atoms with Gasteiger partial charge in [-0.15, -0.1) is 0 Å². The first kappa shape index (κ1) is 28.1. The number of ether oxygens (including phenoxy) is 1. The van der Waals surface area contributed by atoms with Crippen molar-refractivity contribution < 1.29 is 39.9 Å². The van der Waals surface area contributed by atoms with E-state index in [-0.39, 0.29) is 34.0 Å². The average Bonchev–Trinajstić information content (AvgIpc) is 3.42. The molecule has 4 rings (SSSR count). The molecule has 0 aliphatic carbocycles. The van der Waals surface area contributed by atoms with Gasteiger partial charge >= 0.3 is 12.1 Å². The van der Waals surface area contributed by atoms with E-state index in [1.807, 2.05) is 0 Å². The van der Waals surface area contributed by atoms with E-state index in [2.05, 4.69) is 25.4 Å². The van der Waals surface area contributed by atoms with Gasteiger partial charge in [0, 0.05) is 24.1 Å². The van der Waals surface area contributed by atoms with E-state index in [1.54, 1.807) is 20.8 Å². The summed E-state index contributed by atoms with van der Waals surface area (Å²) in [5.41, 5.74) is -0.993. The van der Waals surface area contributed by atoms with E-state index >= 15 is 0 Å². The molecule has 0 spiro atoms. The lowest BCUT2D eigenvalue weighted by Gasteiger charge is -2.20. The maximum Gasteiger partial charge on any atom is 0.456 e. The van der Waals surface area contributed by atoms with Crippen molar-refractivity contribution in [2.45, 2.75) is 50.4 Å². The first-order valence-corrected chi connectivity index (χ1v) is 12.9. The summed E-state index contributed by atoms with van der Waals surface area (Å²) in [5.74, 6) is -6.80. The monoisotopic (exact) mass is 575 g/mol. The van der Waals surface area contributed by atoms with Crippen LogP contribution in [0.4, 0.5) is 22.0 Å². The molecule has 0 radical (unpaired) electrons. The molecule has 0 atom stereocenters. The minimum atomic E-state index is -5.84. The van der Waals surface area contributed by atoms with E-state index in [0.717, 1.165) is 16.9 Å². The molecular weight excluding hydrogens is 553 g/mol. The predicted octanol–water partition coefficient (Wildman–Crippen LogP) is 3.34. The molecule has 210 valence electrons. The maximum atomic E-state index is 13.4. The van der Waals surface area contributed by atoms with Gasteiger partial charge in [-0.1, -0.05) is 6.92 Å². The first-order valence-electron chi connectivity index (χ1n) is 11.3. The number of hydrogen-bond acceptors (Lipinski definition) is 8. The molecule has 0 aliphatic heterocycles. The minimum Gasteiger partial charge on any atom is -0.469 e. The van der Waals surface area contributed by atoms with Crippen LogP contribution < -0.4 is 10.1 Å². The van der Waals surface area contributed by atoms with Gasteiger partial charge in [-0.2, -0.15) is 27.1 Å². The second kappa shape index (κ2) is 9.39. The fourth-order valence-electron chi connectivity index (χ4n) is 3.49. The van der Waals surface area contributed by atoms with Crippen LogP contribution in [0, 0.1) is 0 Å². The lowest BCUT2D eigenvalue weighted by molar-refractivity contribution is -0.290. The molecule has 1 N–H and O–H groups in total. The number of nitrogens with one attached hydrogen (secondary N) is 1. The molecule has 4 aromatic heterocycles. The van der Waals surface area contributed by atoms with Gasteiger partial charge in [-0.3, -0.25) is 9.20 Å². The molecule has 0 saturated carbocycles. The number of amides is 1. The highest BCUT2D eigenvalue weighted by Crippen LogP contribution is 2.37. The number of hydrogen-bond donors (Lipinski definition) is 1. The van der Waals surface area contributed by atoms with Crippen LogP contribution in [0.3, 0.4) is 0 Å². The number of aromatic nitrogens is 6. The molecule has 0 aliphatic rings. The summed E-state index contributed by atoms with van der Waals surface area (Å²) >= 11 is 0. The Morgan fingerprint density at radius 3 is 2.38 bits per heavy atom. The van der Waals surface area contributed by atoms with E-state index < -0.39 is 50.9 Å². The molecule has 0 unspecified atom stereocenters. The van der Waals surface area contributed by atoms with Gasteiger partial charge in [0.2, 0.25) is 5.88 Å². The van der Waals surface area contributed by atoms with Gasteiger partial charge in [0.05, 0.1) is 11.9 Å². The third-order valence-electron chi connectivity index (χ3n) is 5.33. The van der Waals surface area contributed by atoms with Crippen molar-refractivity contribution in [2.75, 3.05) is 12.4 Å². The largest absolute Gasteiger partial charge is 0.469 e. The maximum absolute atomic E-state index is 13.4. The summed E-state index contributed by atoms with van der Waals surface area (Å²) < 4.78 is 97.6. The summed E-state index contributed by atoms with van der Waals surface area (Å²) in [4.78, 5) is 25.0. The summed E-state index contributed by atoms with van der Waals surface area (Å²) in [7, 11) is -4.05.